The number of amides is 2. The minimum absolute atomic E-state index is 0.0255. The predicted molar refractivity (Wildman–Crippen MR) is 172 cm³/mol. The molecule has 4 aromatic rings. The maximum atomic E-state index is 14.4. The summed E-state index contributed by atoms with van der Waals surface area (Å²) in [6.45, 7) is 3.16. The van der Waals surface area contributed by atoms with Crippen molar-refractivity contribution in [3.8, 4) is 0 Å². The van der Waals surface area contributed by atoms with Crippen molar-refractivity contribution < 1.29 is 18.0 Å². The van der Waals surface area contributed by atoms with Gasteiger partial charge >= 0.3 is 0 Å². The van der Waals surface area contributed by atoms with Crippen molar-refractivity contribution in [2.75, 3.05) is 10.8 Å². The van der Waals surface area contributed by atoms with Gasteiger partial charge in [0.1, 0.15) is 12.6 Å². The summed E-state index contributed by atoms with van der Waals surface area (Å²) in [6.07, 6.45) is 0.220. The Hall–Kier alpha value is -3.85. The van der Waals surface area contributed by atoms with E-state index < -0.39 is 28.5 Å². The maximum absolute atomic E-state index is 14.4. The zero-order valence-corrected chi connectivity index (χ0v) is 26.2. The van der Waals surface area contributed by atoms with Gasteiger partial charge in [-0.15, -0.1) is 0 Å². The molecule has 0 saturated heterocycles. The number of carbonyl (C=O) groups excluding carboxylic acids is 2. The molecule has 0 aromatic heterocycles. The summed E-state index contributed by atoms with van der Waals surface area (Å²) in [7, 11) is -4.18. The van der Waals surface area contributed by atoms with Crippen molar-refractivity contribution in [2.24, 2.45) is 0 Å². The summed E-state index contributed by atoms with van der Waals surface area (Å²) < 4.78 is 28.9. The molecule has 0 unspecified atom stereocenters. The molecule has 4 rings (SSSR count). The van der Waals surface area contributed by atoms with Crippen molar-refractivity contribution >= 4 is 50.7 Å². The van der Waals surface area contributed by atoms with Crippen molar-refractivity contribution in [3.05, 3.63) is 130 Å². The van der Waals surface area contributed by atoms with Gasteiger partial charge in [0.25, 0.3) is 10.0 Å². The van der Waals surface area contributed by atoms with Crippen LogP contribution in [0.15, 0.2) is 114 Å². The van der Waals surface area contributed by atoms with Gasteiger partial charge in [-0.05, 0) is 73.5 Å². The Labute approximate surface area is 263 Å². The highest BCUT2D eigenvalue weighted by Gasteiger charge is 2.34. The number of benzene rings is 4. The predicted octanol–water partition coefficient (Wildman–Crippen LogP) is 6.35. The largest absolute Gasteiger partial charge is 0.352 e. The Kier molecular flexibility index (Phi) is 10.9. The molecule has 1 N–H and O–H groups in total. The van der Waals surface area contributed by atoms with Gasteiger partial charge in [-0.2, -0.15) is 0 Å². The zero-order chi connectivity index (χ0) is 31.0. The second kappa shape index (κ2) is 14.6. The fourth-order valence-electron chi connectivity index (χ4n) is 4.62. The average Bonchev–Trinajstić information content (AvgIpc) is 2.98. The molecule has 1 atom stereocenters. The second-order valence-electron chi connectivity index (χ2n) is 10.3. The Morgan fingerprint density at radius 2 is 1.37 bits per heavy atom. The van der Waals surface area contributed by atoms with Gasteiger partial charge < -0.3 is 10.2 Å². The van der Waals surface area contributed by atoms with Crippen LogP contribution in [-0.2, 0) is 32.6 Å². The molecule has 0 heterocycles. The number of sulfonamides is 1. The molecule has 0 spiro atoms. The number of hydrogen-bond acceptors (Lipinski definition) is 4. The Morgan fingerprint density at radius 3 is 1.98 bits per heavy atom. The third-order valence-electron chi connectivity index (χ3n) is 6.67. The van der Waals surface area contributed by atoms with Crippen molar-refractivity contribution in [1.29, 1.82) is 0 Å². The summed E-state index contributed by atoms with van der Waals surface area (Å²) in [5, 5.41) is 3.83. The van der Waals surface area contributed by atoms with Crippen molar-refractivity contribution in [1.82, 2.24) is 10.2 Å². The van der Waals surface area contributed by atoms with E-state index in [1.165, 1.54) is 17.0 Å². The first kappa shape index (κ1) is 32.1. The molecule has 0 fully saturated rings. The highest BCUT2D eigenvalue weighted by atomic mass is 35.5. The van der Waals surface area contributed by atoms with E-state index in [-0.39, 0.29) is 35.5 Å². The molecule has 0 aliphatic heterocycles. The van der Waals surface area contributed by atoms with Crippen LogP contribution in [0, 0.1) is 0 Å². The first-order valence-corrected chi connectivity index (χ1v) is 16.0. The number of nitrogens with one attached hydrogen (secondary N) is 1. The normalized spacial score (nSPS) is 12.0. The van der Waals surface area contributed by atoms with Crippen LogP contribution >= 0.6 is 23.2 Å². The second-order valence-corrected chi connectivity index (χ2v) is 13.1. The van der Waals surface area contributed by atoms with E-state index in [4.69, 9.17) is 23.2 Å². The number of hydrogen-bond donors (Lipinski definition) is 1. The van der Waals surface area contributed by atoms with Crippen LogP contribution in [0.5, 0.6) is 0 Å². The van der Waals surface area contributed by atoms with E-state index in [9.17, 15) is 18.0 Å². The van der Waals surface area contributed by atoms with Gasteiger partial charge in [0.05, 0.1) is 10.6 Å². The molecule has 0 aliphatic carbocycles. The van der Waals surface area contributed by atoms with E-state index in [1.54, 1.807) is 60.7 Å². The summed E-state index contributed by atoms with van der Waals surface area (Å²) in [5.74, 6) is -0.910. The monoisotopic (exact) mass is 637 g/mol. The average molecular weight is 639 g/mol. The van der Waals surface area contributed by atoms with Crippen molar-refractivity contribution in [3.63, 3.8) is 0 Å². The number of nitrogens with zero attached hydrogens (tertiary/aromatic N) is 2. The topological polar surface area (TPSA) is 86.8 Å². The van der Waals surface area contributed by atoms with E-state index >= 15 is 0 Å². The summed E-state index contributed by atoms with van der Waals surface area (Å²) in [6, 6.07) is 29.4. The lowest BCUT2D eigenvalue weighted by Crippen LogP contribution is -2.54. The first-order chi connectivity index (χ1) is 20.5. The fraction of sp³-hybridized carbons (Fsp3) is 0.212. The minimum Gasteiger partial charge on any atom is -0.352 e. The molecular formula is C33H33Cl2N3O4S. The Bertz CT molecular complexity index is 1630. The van der Waals surface area contributed by atoms with Crippen LogP contribution in [0.25, 0.3) is 0 Å². The summed E-state index contributed by atoms with van der Waals surface area (Å²) >= 11 is 12.4. The molecule has 4 aromatic carbocycles. The smallest absolute Gasteiger partial charge is 0.264 e. The zero-order valence-electron chi connectivity index (χ0n) is 23.9. The standard InChI is InChI=1S/C33H33Cl2N3O4S/c1-24(2)36-33(40)31(21-25-10-5-3-6-11-25)37(22-26-12-9-13-28(35)20-26)32(39)23-38(29-18-16-27(34)17-19-29)43(41,42)30-14-7-4-8-15-30/h3-20,24,31H,21-23H2,1-2H3,(H,36,40)/t31-/m0/s1. The van der Waals surface area contributed by atoms with E-state index in [1.807, 2.05) is 50.2 Å². The molecule has 224 valence electrons. The molecule has 2 amide bonds. The number of halogens is 2. The highest BCUT2D eigenvalue weighted by Crippen LogP contribution is 2.26. The quantitative estimate of drug-likeness (QED) is 0.196. The van der Waals surface area contributed by atoms with Gasteiger partial charge in [0.2, 0.25) is 11.8 Å². The van der Waals surface area contributed by atoms with E-state index in [2.05, 4.69) is 5.32 Å². The molecule has 0 saturated carbocycles. The molecule has 7 nitrogen and oxygen atoms in total. The molecule has 10 heteroatoms. The molecular weight excluding hydrogens is 605 g/mol. The molecule has 0 bridgehead atoms. The molecule has 0 radical (unpaired) electrons. The third-order valence-corrected chi connectivity index (χ3v) is 8.94. The van der Waals surface area contributed by atoms with Crippen LogP contribution in [-0.4, -0.2) is 43.8 Å². The lowest BCUT2D eigenvalue weighted by atomic mass is 10.0. The van der Waals surface area contributed by atoms with Crippen LogP contribution in [0.4, 0.5) is 5.69 Å². The van der Waals surface area contributed by atoms with Gasteiger partial charge in [0.15, 0.2) is 0 Å². The number of anilines is 1. The number of rotatable bonds is 12. The van der Waals surface area contributed by atoms with Crippen molar-refractivity contribution in [2.45, 2.75) is 43.8 Å². The van der Waals surface area contributed by atoms with Crippen LogP contribution < -0.4 is 9.62 Å². The van der Waals surface area contributed by atoms with Gasteiger partial charge in [-0.25, -0.2) is 8.42 Å². The summed E-state index contributed by atoms with van der Waals surface area (Å²) in [5.41, 5.74) is 1.80. The minimum atomic E-state index is -4.18. The van der Waals surface area contributed by atoms with Gasteiger partial charge in [-0.3, -0.25) is 13.9 Å². The van der Waals surface area contributed by atoms with Crippen LogP contribution in [0.1, 0.15) is 25.0 Å². The summed E-state index contributed by atoms with van der Waals surface area (Å²) in [4.78, 5) is 29.5. The Morgan fingerprint density at radius 1 is 0.767 bits per heavy atom. The van der Waals surface area contributed by atoms with Crippen LogP contribution in [0.2, 0.25) is 10.0 Å². The Balaban J connectivity index is 1.79. The first-order valence-electron chi connectivity index (χ1n) is 13.8. The lowest BCUT2D eigenvalue weighted by molar-refractivity contribution is -0.140. The number of carbonyl (C=O) groups is 2. The molecule has 0 aliphatic rings. The highest BCUT2D eigenvalue weighted by molar-refractivity contribution is 7.92. The van der Waals surface area contributed by atoms with Gasteiger partial charge in [0, 0.05) is 29.1 Å². The van der Waals surface area contributed by atoms with Crippen LogP contribution in [0.3, 0.4) is 0 Å². The maximum Gasteiger partial charge on any atom is 0.264 e. The van der Waals surface area contributed by atoms with Gasteiger partial charge in [-0.1, -0.05) is 83.9 Å². The van der Waals surface area contributed by atoms with E-state index in [0.717, 1.165) is 9.87 Å². The van der Waals surface area contributed by atoms with E-state index in [0.29, 0.717) is 15.6 Å². The fourth-order valence-corrected chi connectivity index (χ4v) is 6.40. The molecule has 43 heavy (non-hydrogen) atoms. The SMILES string of the molecule is CC(C)NC(=O)[C@H](Cc1ccccc1)N(Cc1cccc(Cl)c1)C(=O)CN(c1ccc(Cl)cc1)S(=O)(=O)c1ccccc1. The third kappa shape index (κ3) is 8.60. The lowest BCUT2D eigenvalue weighted by Gasteiger charge is -2.34.